The second-order valence-corrected chi connectivity index (χ2v) is 23.3. The number of imidazole rings is 1. The summed E-state index contributed by atoms with van der Waals surface area (Å²) < 4.78 is 91.9. The van der Waals surface area contributed by atoms with Gasteiger partial charge in [0, 0.05) is 64.6 Å². The van der Waals surface area contributed by atoms with Crippen molar-refractivity contribution in [1.82, 2.24) is 24.5 Å². The first-order chi connectivity index (χ1) is 34.0. The van der Waals surface area contributed by atoms with Crippen molar-refractivity contribution in [2.75, 3.05) is 33.8 Å². The Balaban J connectivity index is 1.68. The van der Waals surface area contributed by atoms with Gasteiger partial charge in [0.05, 0.1) is 47.5 Å². The number of methoxy groups -OCH3 is 1. The Bertz CT molecular complexity index is 2300. The van der Waals surface area contributed by atoms with E-state index >= 15 is 0 Å². The lowest BCUT2D eigenvalue weighted by Gasteiger charge is -2.53. The molecule has 20 nitrogen and oxygen atoms in total. The van der Waals surface area contributed by atoms with Crippen LogP contribution in [0, 0.1) is 34.9 Å². The third-order valence-corrected chi connectivity index (χ3v) is 17.4. The van der Waals surface area contributed by atoms with E-state index in [2.05, 4.69) is 15.6 Å². The fraction of sp³-hybridized carbons (Fsp3) is 0.784. The number of nitrogens with zero attached hydrogens (tertiary/aromatic N) is 4. The summed E-state index contributed by atoms with van der Waals surface area (Å²) in [7, 11) is 0.0513. The molecule has 0 spiro atoms. The van der Waals surface area contributed by atoms with Gasteiger partial charge in [0.1, 0.15) is 46.6 Å². The fourth-order valence-electron chi connectivity index (χ4n) is 10.9. The standard InChI is InChI=1S/C51H83FN6O14S/c1-15-19-54-28-51(63)34(8)68-40(25-49(51,10)66-14)71-41-31(5)44(48(9,61)24-29(3)27-56-33(7)43(59)50(11,62)39(16-2)70-45(60)32(41)6)72-46-42(69-36-17-18-37(52)35(23-36)26-53)38(22-30(4)67-46)58(13)73(64,65)47-55-20-21-57(47)12/h17-18,20-21,23,29-34,38-44,46,54,56,59,61-63H,15-16,19,22,24-25,27-28H2,1-14H3/t29-,30-,31+,32-,33-,34+,38+,39-,40?,41+,42-,43-,44-,46+,48-,49-,50-,51+/m1/s1. The number of hydrogen-bond acceptors (Lipinski definition) is 18. The van der Waals surface area contributed by atoms with Gasteiger partial charge in [0.15, 0.2) is 18.7 Å². The van der Waals surface area contributed by atoms with Crippen LogP contribution in [-0.2, 0) is 50.3 Å². The van der Waals surface area contributed by atoms with Gasteiger partial charge in [-0.3, -0.25) is 4.79 Å². The smallest absolute Gasteiger partial charge is 0.311 e. The molecular formula is C51H83FN6O14S. The highest BCUT2D eigenvalue weighted by Crippen LogP contribution is 2.44. The summed E-state index contributed by atoms with van der Waals surface area (Å²) in [6.07, 6.45) is -6.96. The molecule has 414 valence electrons. The summed E-state index contributed by atoms with van der Waals surface area (Å²) in [5.41, 5.74) is -6.89. The third-order valence-electron chi connectivity index (χ3n) is 15.5. The molecule has 22 heteroatoms. The van der Waals surface area contributed by atoms with Crippen LogP contribution in [0.5, 0.6) is 5.75 Å². The van der Waals surface area contributed by atoms with Gasteiger partial charge < -0.3 is 68.8 Å². The molecule has 18 atom stereocenters. The molecule has 73 heavy (non-hydrogen) atoms. The zero-order valence-electron chi connectivity index (χ0n) is 45.1. The van der Waals surface area contributed by atoms with Gasteiger partial charge in [-0.05, 0) is 105 Å². The molecule has 3 aliphatic rings. The van der Waals surface area contributed by atoms with Gasteiger partial charge in [-0.25, -0.2) is 17.8 Å². The molecule has 0 saturated carbocycles. The molecule has 0 bridgehead atoms. The minimum absolute atomic E-state index is 0.00562. The predicted octanol–water partition coefficient (Wildman–Crippen LogP) is 3.52. The molecule has 5 rings (SSSR count). The van der Waals surface area contributed by atoms with Crippen LogP contribution in [0.3, 0.4) is 0 Å². The fourth-order valence-corrected chi connectivity index (χ4v) is 12.3. The number of esters is 1. The number of hydrogen-bond donors (Lipinski definition) is 6. The minimum atomic E-state index is -4.35. The summed E-state index contributed by atoms with van der Waals surface area (Å²) in [6.45, 7) is 19.8. The molecule has 2 aromatic rings. The Morgan fingerprint density at radius 1 is 1.05 bits per heavy atom. The second-order valence-electron chi connectivity index (χ2n) is 21.4. The molecule has 0 radical (unpaired) electrons. The highest BCUT2D eigenvalue weighted by atomic mass is 32.2. The van der Waals surface area contributed by atoms with E-state index in [4.69, 9.17) is 33.2 Å². The van der Waals surface area contributed by atoms with Crippen LogP contribution in [0.25, 0.3) is 0 Å². The summed E-state index contributed by atoms with van der Waals surface area (Å²) in [5, 5.41) is 64.8. The van der Waals surface area contributed by atoms with Crippen molar-refractivity contribution in [2.45, 2.75) is 203 Å². The van der Waals surface area contributed by atoms with E-state index in [9.17, 15) is 43.3 Å². The van der Waals surface area contributed by atoms with Gasteiger partial charge in [-0.1, -0.05) is 27.7 Å². The maximum atomic E-state index is 14.8. The van der Waals surface area contributed by atoms with Crippen molar-refractivity contribution in [3.63, 3.8) is 0 Å². The van der Waals surface area contributed by atoms with Crippen molar-refractivity contribution >= 4 is 16.0 Å². The van der Waals surface area contributed by atoms with Crippen LogP contribution in [0.1, 0.15) is 114 Å². The number of halogens is 1. The number of rotatable bonds is 15. The Kier molecular flexibility index (Phi) is 20.1. The minimum Gasteiger partial charge on any atom is -0.483 e. The maximum absolute atomic E-state index is 14.8. The van der Waals surface area contributed by atoms with Crippen LogP contribution < -0.4 is 15.4 Å². The maximum Gasteiger partial charge on any atom is 0.311 e. The SMILES string of the molecule is CCCNC[C@]1(O)[C@H](C)OC(O[C@H]2[C@H](C)[C@@H](O[C@@H]3O[C@H](C)C[C@H](N(C)S(=O)(=O)c4nccn4C)[C@H]3Oc3ccc(F)c(C#N)c3)[C@](C)(O)C[C@@H](C)CN[C@H](C)[C@@H](O)[C@](C)(O)[C@@H](CC)OC(=O)[C@@H]2C)C[C@@]1(C)OC. The largest absolute Gasteiger partial charge is 0.483 e. The first-order valence-corrected chi connectivity index (χ1v) is 27.0. The topological polar surface area (TPSA) is 266 Å². The number of aliphatic hydroxyl groups is 4. The normalized spacial score (nSPS) is 39.5. The number of aryl methyl sites for hydroxylation is 1. The van der Waals surface area contributed by atoms with E-state index in [1.54, 1.807) is 62.4 Å². The molecule has 1 aromatic carbocycles. The number of carbonyl (C=O) groups excluding carboxylic acids is 1. The van der Waals surface area contributed by atoms with Crippen molar-refractivity contribution in [3.05, 3.63) is 42.0 Å². The van der Waals surface area contributed by atoms with Crippen LogP contribution in [0.2, 0.25) is 0 Å². The summed E-state index contributed by atoms with van der Waals surface area (Å²) in [5.74, 6) is -4.19. The van der Waals surface area contributed by atoms with Crippen molar-refractivity contribution in [2.24, 2.45) is 24.8 Å². The lowest BCUT2D eigenvalue weighted by Crippen LogP contribution is -2.70. The number of nitrogens with one attached hydrogen (secondary N) is 2. The number of nitriles is 1. The van der Waals surface area contributed by atoms with Crippen LogP contribution in [0.4, 0.5) is 4.39 Å². The van der Waals surface area contributed by atoms with Gasteiger partial charge in [0.25, 0.3) is 10.0 Å². The highest BCUT2D eigenvalue weighted by Gasteiger charge is 2.59. The number of likely N-dealkylation sites (N-methyl/N-ethyl adjacent to an activating group) is 1. The molecule has 0 amide bonds. The van der Waals surface area contributed by atoms with Gasteiger partial charge >= 0.3 is 5.97 Å². The van der Waals surface area contributed by atoms with Crippen molar-refractivity contribution in [3.8, 4) is 11.8 Å². The van der Waals surface area contributed by atoms with Gasteiger partial charge in [-0.2, -0.15) is 9.57 Å². The number of aliphatic hydroxyl groups excluding tert-OH is 1. The number of ether oxygens (including phenoxy) is 7. The van der Waals surface area contributed by atoms with Crippen LogP contribution in [-0.4, -0.2) is 172 Å². The molecular weight excluding hydrogens is 972 g/mol. The molecule has 3 aliphatic heterocycles. The Hall–Kier alpha value is -3.41. The van der Waals surface area contributed by atoms with E-state index < -0.39 is 123 Å². The van der Waals surface area contributed by atoms with E-state index in [0.29, 0.717) is 6.54 Å². The molecule has 6 N–H and O–H groups in total. The van der Waals surface area contributed by atoms with E-state index in [1.807, 2.05) is 19.9 Å². The molecule has 1 aromatic heterocycles. The summed E-state index contributed by atoms with van der Waals surface area (Å²) >= 11 is 0. The number of benzene rings is 1. The average Bonchev–Trinajstić information content (AvgIpc) is 3.78. The quantitative estimate of drug-likeness (QED) is 0.110. The molecule has 1 unspecified atom stereocenters. The number of cyclic esters (lactones) is 1. The number of sulfonamides is 1. The third kappa shape index (κ3) is 13.1. The van der Waals surface area contributed by atoms with Crippen molar-refractivity contribution < 1.29 is 71.2 Å². The average molecular weight is 1060 g/mol. The van der Waals surface area contributed by atoms with Crippen molar-refractivity contribution in [1.29, 1.82) is 5.26 Å². The molecule has 4 heterocycles. The van der Waals surface area contributed by atoms with Crippen LogP contribution >= 0.6 is 0 Å². The lowest BCUT2D eigenvalue weighted by molar-refractivity contribution is -0.335. The Labute approximate surface area is 431 Å². The van der Waals surface area contributed by atoms with E-state index in [0.717, 1.165) is 16.8 Å². The van der Waals surface area contributed by atoms with Gasteiger partial charge in [-0.15, -0.1) is 0 Å². The first-order valence-electron chi connectivity index (χ1n) is 25.5. The number of aromatic nitrogens is 2. The highest BCUT2D eigenvalue weighted by molar-refractivity contribution is 7.89. The Morgan fingerprint density at radius 3 is 2.34 bits per heavy atom. The Morgan fingerprint density at radius 2 is 1.74 bits per heavy atom. The zero-order valence-corrected chi connectivity index (χ0v) is 45.9. The molecule has 0 aliphatic carbocycles. The summed E-state index contributed by atoms with van der Waals surface area (Å²) in [4.78, 5) is 18.8. The summed E-state index contributed by atoms with van der Waals surface area (Å²) in [6, 6.07) is 3.55. The second kappa shape index (κ2) is 24.3. The first kappa shape index (κ1) is 60.5. The monoisotopic (exact) mass is 1050 g/mol. The van der Waals surface area contributed by atoms with Gasteiger partial charge in [0.2, 0.25) is 5.16 Å². The van der Waals surface area contributed by atoms with E-state index in [1.165, 1.54) is 50.2 Å². The zero-order chi connectivity index (χ0) is 54.6. The molecule has 3 fully saturated rings. The predicted molar refractivity (Wildman–Crippen MR) is 266 cm³/mol. The number of carbonyl (C=O) groups is 1. The molecule has 3 saturated heterocycles. The van der Waals surface area contributed by atoms with E-state index in [-0.39, 0.29) is 61.2 Å². The van der Waals surface area contributed by atoms with Crippen LogP contribution in [0.15, 0.2) is 35.7 Å². The lowest BCUT2D eigenvalue weighted by atomic mass is 9.75.